The van der Waals surface area contributed by atoms with Gasteiger partial charge < -0.3 is 15.5 Å². The van der Waals surface area contributed by atoms with Crippen LogP contribution in [-0.4, -0.2) is 31.5 Å². The van der Waals surface area contributed by atoms with Crippen LogP contribution in [0.2, 0.25) is 0 Å². The summed E-state index contributed by atoms with van der Waals surface area (Å²) in [6.45, 7) is 0. The first-order chi connectivity index (χ1) is 13.5. The zero-order valence-electron chi connectivity index (χ0n) is 14.5. The van der Waals surface area contributed by atoms with Crippen LogP contribution in [0.4, 0.5) is 5.69 Å². The Bertz CT molecular complexity index is 1180. The van der Waals surface area contributed by atoms with Crippen LogP contribution in [0.15, 0.2) is 60.1 Å². The Labute approximate surface area is 163 Å². The Morgan fingerprint density at radius 2 is 1.93 bits per heavy atom. The number of benzene rings is 2. The van der Waals surface area contributed by atoms with Crippen LogP contribution in [-0.2, 0) is 11.2 Å². The van der Waals surface area contributed by atoms with Gasteiger partial charge in [-0.1, -0.05) is 30.3 Å². The summed E-state index contributed by atoms with van der Waals surface area (Å²) < 4.78 is 1.88. The molecule has 140 valence electrons. The molecule has 7 nitrogen and oxygen atoms in total. The third-order valence-electron chi connectivity index (χ3n) is 4.21. The lowest BCUT2D eigenvalue weighted by Crippen LogP contribution is -2.15. The van der Waals surface area contributed by atoms with Crippen molar-refractivity contribution in [2.75, 3.05) is 5.32 Å². The first-order valence-electron chi connectivity index (χ1n) is 8.38. The van der Waals surface area contributed by atoms with E-state index in [0.29, 0.717) is 5.69 Å². The van der Waals surface area contributed by atoms with Gasteiger partial charge in [-0.3, -0.25) is 9.20 Å². The Hall–Kier alpha value is -3.65. The zero-order valence-corrected chi connectivity index (χ0v) is 15.3. The highest BCUT2D eigenvalue weighted by Gasteiger charge is 2.14. The second-order valence-corrected chi connectivity index (χ2v) is 6.97. The number of rotatable bonds is 5. The molecule has 0 aliphatic carbocycles. The number of nitrogens with one attached hydrogen (secondary N) is 1. The lowest BCUT2D eigenvalue weighted by Gasteiger charge is -2.07. The highest BCUT2D eigenvalue weighted by molar-refractivity contribution is 7.15. The molecule has 4 aromatic rings. The standard InChI is InChI=1S/C20H15N3O4S/c24-17-7-6-13(8-15(17)19(26)27)21-18(25)9-14-11-28-20-22-16(10-23(14)20)12-4-2-1-3-5-12/h1-8,10-11,24H,9H2,(H,21,25)(H,26,27). The van der Waals surface area contributed by atoms with Crippen molar-refractivity contribution in [2.24, 2.45) is 0 Å². The fraction of sp³-hybridized carbons (Fsp3) is 0.0500. The molecule has 28 heavy (non-hydrogen) atoms. The molecule has 0 fully saturated rings. The van der Waals surface area contributed by atoms with Gasteiger partial charge >= 0.3 is 5.97 Å². The van der Waals surface area contributed by atoms with E-state index >= 15 is 0 Å². The van der Waals surface area contributed by atoms with Gasteiger partial charge in [-0.15, -0.1) is 11.3 Å². The quantitative estimate of drug-likeness (QED) is 0.449. The van der Waals surface area contributed by atoms with Crippen molar-refractivity contribution in [3.05, 3.63) is 71.4 Å². The summed E-state index contributed by atoms with van der Waals surface area (Å²) >= 11 is 1.45. The van der Waals surface area contributed by atoms with Crippen LogP contribution in [0.3, 0.4) is 0 Å². The number of phenols is 1. The van der Waals surface area contributed by atoms with Gasteiger partial charge in [0.25, 0.3) is 0 Å². The number of nitrogens with zero attached hydrogens (tertiary/aromatic N) is 2. The van der Waals surface area contributed by atoms with Gasteiger partial charge in [-0.25, -0.2) is 9.78 Å². The fourth-order valence-corrected chi connectivity index (χ4v) is 3.73. The molecule has 1 amide bonds. The third-order valence-corrected chi connectivity index (χ3v) is 5.09. The van der Waals surface area contributed by atoms with Crippen molar-refractivity contribution < 1.29 is 19.8 Å². The number of amides is 1. The molecule has 0 aliphatic rings. The number of aromatic nitrogens is 2. The van der Waals surface area contributed by atoms with Crippen LogP contribution in [0.25, 0.3) is 16.2 Å². The van der Waals surface area contributed by atoms with E-state index in [9.17, 15) is 14.7 Å². The van der Waals surface area contributed by atoms with Crippen molar-refractivity contribution >= 4 is 33.9 Å². The van der Waals surface area contributed by atoms with Crippen LogP contribution < -0.4 is 5.32 Å². The molecular weight excluding hydrogens is 378 g/mol. The number of carbonyl (C=O) groups is 2. The minimum atomic E-state index is -1.26. The highest BCUT2D eigenvalue weighted by Crippen LogP contribution is 2.25. The van der Waals surface area contributed by atoms with Crippen LogP contribution >= 0.6 is 11.3 Å². The van der Waals surface area contributed by atoms with Gasteiger partial charge in [0.15, 0.2) is 4.96 Å². The minimum absolute atomic E-state index is 0.105. The number of aromatic carboxylic acids is 1. The average molecular weight is 393 g/mol. The summed E-state index contributed by atoms with van der Waals surface area (Å²) in [5.74, 6) is -1.91. The summed E-state index contributed by atoms with van der Waals surface area (Å²) in [7, 11) is 0. The smallest absolute Gasteiger partial charge is 0.339 e. The van der Waals surface area contributed by atoms with E-state index in [0.717, 1.165) is 21.9 Å². The Balaban J connectivity index is 1.53. The molecule has 0 spiro atoms. The molecule has 0 bridgehead atoms. The molecule has 0 atom stereocenters. The Morgan fingerprint density at radius 1 is 1.14 bits per heavy atom. The molecule has 4 rings (SSSR count). The second kappa shape index (κ2) is 7.16. The van der Waals surface area contributed by atoms with Crippen molar-refractivity contribution in [3.63, 3.8) is 0 Å². The number of anilines is 1. The number of hydrogen-bond acceptors (Lipinski definition) is 5. The van der Waals surface area contributed by atoms with Crippen LogP contribution in [0.5, 0.6) is 5.75 Å². The fourth-order valence-electron chi connectivity index (χ4n) is 2.86. The number of carboxylic acid groups (broad SMARTS) is 1. The number of hydrogen-bond donors (Lipinski definition) is 3. The SMILES string of the molecule is O=C(Cc1csc2nc(-c3ccccc3)cn12)Nc1ccc(O)c(C(=O)O)c1. The van der Waals surface area contributed by atoms with Crippen LogP contribution in [0, 0.1) is 0 Å². The molecule has 8 heteroatoms. The maximum absolute atomic E-state index is 12.4. The van der Waals surface area contributed by atoms with Gasteiger partial charge in [0.2, 0.25) is 5.91 Å². The monoisotopic (exact) mass is 393 g/mol. The molecule has 0 saturated carbocycles. The second-order valence-electron chi connectivity index (χ2n) is 6.13. The predicted octanol–water partition coefficient (Wildman–Crippen LogP) is 3.65. The third kappa shape index (κ3) is 3.45. The van der Waals surface area contributed by atoms with E-state index in [-0.39, 0.29) is 23.6 Å². The highest BCUT2D eigenvalue weighted by atomic mass is 32.1. The molecule has 0 aliphatic heterocycles. The molecule has 0 unspecified atom stereocenters. The summed E-state index contributed by atoms with van der Waals surface area (Å²) in [4.78, 5) is 28.9. The Morgan fingerprint density at radius 3 is 2.68 bits per heavy atom. The molecular formula is C20H15N3O4S. The largest absolute Gasteiger partial charge is 0.507 e. The van der Waals surface area contributed by atoms with Crippen LogP contribution in [0.1, 0.15) is 16.1 Å². The summed E-state index contributed by atoms with van der Waals surface area (Å²) in [5, 5.41) is 23.2. The number of imidazole rings is 1. The first kappa shape index (κ1) is 17.7. The summed E-state index contributed by atoms with van der Waals surface area (Å²) in [5.41, 5.74) is 2.65. The summed E-state index contributed by atoms with van der Waals surface area (Å²) in [6.07, 6.45) is 2.00. The maximum atomic E-state index is 12.4. The molecule has 2 aromatic carbocycles. The topological polar surface area (TPSA) is 104 Å². The van der Waals surface area contributed by atoms with Crippen molar-refractivity contribution in [1.82, 2.24) is 9.38 Å². The van der Waals surface area contributed by atoms with E-state index in [4.69, 9.17) is 5.11 Å². The zero-order chi connectivity index (χ0) is 19.7. The van der Waals surface area contributed by atoms with Crippen molar-refractivity contribution in [3.8, 4) is 17.0 Å². The minimum Gasteiger partial charge on any atom is -0.507 e. The predicted molar refractivity (Wildman–Crippen MR) is 106 cm³/mol. The lowest BCUT2D eigenvalue weighted by atomic mass is 10.1. The Kier molecular flexibility index (Phi) is 4.54. The number of carbonyl (C=O) groups excluding carboxylic acids is 1. The van der Waals surface area contributed by atoms with Gasteiger partial charge in [-0.2, -0.15) is 0 Å². The van der Waals surface area contributed by atoms with E-state index in [1.807, 2.05) is 46.3 Å². The van der Waals surface area contributed by atoms with Gasteiger partial charge in [-0.05, 0) is 18.2 Å². The van der Waals surface area contributed by atoms with E-state index in [2.05, 4.69) is 10.3 Å². The average Bonchev–Trinajstić information content (AvgIpc) is 3.26. The van der Waals surface area contributed by atoms with E-state index in [1.54, 1.807) is 0 Å². The van der Waals surface area contributed by atoms with Gasteiger partial charge in [0.05, 0.1) is 12.1 Å². The lowest BCUT2D eigenvalue weighted by molar-refractivity contribution is -0.115. The number of thiazole rings is 1. The number of fused-ring (bicyclic) bond motifs is 1. The van der Waals surface area contributed by atoms with Gasteiger partial charge in [0, 0.05) is 28.5 Å². The van der Waals surface area contributed by atoms with E-state index in [1.165, 1.54) is 29.5 Å². The van der Waals surface area contributed by atoms with Gasteiger partial charge in [0.1, 0.15) is 11.3 Å². The number of aromatic hydroxyl groups is 1. The molecule has 3 N–H and O–H groups in total. The first-order valence-corrected chi connectivity index (χ1v) is 9.26. The maximum Gasteiger partial charge on any atom is 0.339 e. The van der Waals surface area contributed by atoms with E-state index < -0.39 is 5.97 Å². The molecule has 2 aromatic heterocycles. The number of carboxylic acids is 1. The molecule has 2 heterocycles. The molecule has 0 saturated heterocycles. The van der Waals surface area contributed by atoms with Crippen molar-refractivity contribution in [2.45, 2.75) is 6.42 Å². The van der Waals surface area contributed by atoms with Crippen molar-refractivity contribution in [1.29, 1.82) is 0 Å². The summed E-state index contributed by atoms with van der Waals surface area (Å²) in [6, 6.07) is 13.7. The normalized spacial score (nSPS) is 10.9. The molecule has 0 radical (unpaired) electrons.